The molecule has 0 aliphatic rings. The molecular weight excluding hydrogens is 336 g/mol. The van der Waals surface area contributed by atoms with E-state index in [4.69, 9.17) is 16.1 Å². The number of nitrogens with one attached hydrogen (secondary N) is 1. The van der Waals surface area contributed by atoms with Crippen LogP contribution in [0.3, 0.4) is 0 Å². The maximum Gasteiger partial charge on any atom is 0.262 e. The molecule has 1 aromatic heterocycles. The lowest BCUT2D eigenvalue weighted by Gasteiger charge is -2.08. The largest absolute Gasteiger partial charge is 0.359 e. The predicted octanol–water partition coefficient (Wildman–Crippen LogP) is 4.10. The predicted molar refractivity (Wildman–Crippen MR) is 88.9 cm³/mol. The summed E-state index contributed by atoms with van der Waals surface area (Å²) >= 11 is 5.88. The van der Waals surface area contributed by atoms with Gasteiger partial charge in [0.1, 0.15) is 11.4 Å². The minimum Gasteiger partial charge on any atom is -0.359 e. The Kier molecular flexibility index (Phi) is 4.11. The van der Waals surface area contributed by atoms with Crippen LogP contribution in [-0.4, -0.2) is 13.6 Å². The third kappa shape index (κ3) is 3.23. The fourth-order valence-corrected chi connectivity index (χ4v) is 3.36. The smallest absolute Gasteiger partial charge is 0.262 e. The van der Waals surface area contributed by atoms with E-state index < -0.39 is 10.0 Å². The van der Waals surface area contributed by atoms with E-state index >= 15 is 0 Å². The number of anilines is 1. The van der Waals surface area contributed by atoms with E-state index in [1.807, 2.05) is 0 Å². The van der Waals surface area contributed by atoms with Crippen LogP contribution in [0.4, 0.5) is 5.69 Å². The van der Waals surface area contributed by atoms with Crippen LogP contribution in [0.5, 0.6) is 0 Å². The Balaban J connectivity index is 2.01. The average Bonchev–Trinajstić information content (AvgIpc) is 2.90. The molecule has 0 saturated heterocycles. The van der Waals surface area contributed by atoms with Crippen LogP contribution in [0.25, 0.3) is 11.3 Å². The topological polar surface area (TPSA) is 72.2 Å². The molecule has 118 valence electrons. The Morgan fingerprint density at radius 2 is 1.70 bits per heavy atom. The van der Waals surface area contributed by atoms with E-state index in [1.165, 1.54) is 12.1 Å². The number of sulfonamides is 1. The molecule has 0 saturated carbocycles. The summed E-state index contributed by atoms with van der Waals surface area (Å²) < 4.78 is 32.7. The zero-order valence-corrected chi connectivity index (χ0v) is 13.7. The van der Waals surface area contributed by atoms with Crippen LogP contribution in [0.1, 0.15) is 5.76 Å². The maximum absolute atomic E-state index is 12.5. The Labute approximate surface area is 138 Å². The molecule has 0 amide bonds. The van der Waals surface area contributed by atoms with E-state index in [-0.39, 0.29) is 4.90 Å². The average molecular weight is 349 g/mol. The summed E-state index contributed by atoms with van der Waals surface area (Å²) in [5, 5.41) is 4.53. The van der Waals surface area contributed by atoms with Gasteiger partial charge in [0.15, 0.2) is 5.76 Å². The van der Waals surface area contributed by atoms with Crippen molar-refractivity contribution < 1.29 is 12.9 Å². The van der Waals surface area contributed by atoms with Gasteiger partial charge in [0.05, 0.1) is 4.90 Å². The summed E-state index contributed by atoms with van der Waals surface area (Å²) in [6.07, 6.45) is 0. The number of aromatic nitrogens is 1. The number of hydrogen-bond acceptors (Lipinski definition) is 4. The van der Waals surface area contributed by atoms with Crippen molar-refractivity contribution in [1.29, 1.82) is 0 Å². The summed E-state index contributed by atoms with van der Waals surface area (Å²) in [6, 6.07) is 15.0. The maximum atomic E-state index is 12.5. The van der Waals surface area contributed by atoms with Crippen molar-refractivity contribution in [2.75, 3.05) is 4.72 Å². The lowest BCUT2D eigenvalue weighted by molar-refractivity contribution is 0.400. The number of rotatable bonds is 4. The van der Waals surface area contributed by atoms with Gasteiger partial charge in [-0.15, -0.1) is 0 Å². The zero-order valence-electron chi connectivity index (χ0n) is 12.2. The molecular formula is C16H13ClN2O3S. The van der Waals surface area contributed by atoms with Gasteiger partial charge < -0.3 is 4.52 Å². The molecule has 1 N–H and O–H groups in total. The highest BCUT2D eigenvalue weighted by Crippen LogP contribution is 2.32. The van der Waals surface area contributed by atoms with Gasteiger partial charge in [-0.1, -0.05) is 47.1 Å². The van der Waals surface area contributed by atoms with Crippen molar-refractivity contribution in [3.63, 3.8) is 0 Å². The lowest BCUT2D eigenvalue weighted by Crippen LogP contribution is -2.13. The van der Waals surface area contributed by atoms with Crippen molar-refractivity contribution in [2.24, 2.45) is 0 Å². The molecule has 0 aliphatic carbocycles. The second-order valence-corrected chi connectivity index (χ2v) is 7.01. The molecule has 0 aliphatic heterocycles. The van der Waals surface area contributed by atoms with Crippen molar-refractivity contribution in [1.82, 2.24) is 5.16 Å². The van der Waals surface area contributed by atoms with Crippen molar-refractivity contribution >= 4 is 27.3 Å². The van der Waals surface area contributed by atoms with Gasteiger partial charge in [-0.05, 0) is 31.2 Å². The van der Waals surface area contributed by atoms with Gasteiger partial charge in [-0.2, -0.15) is 0 Å². The molecule has 3 aromatic rings. The third-order valence-electron chi connectivity index (χ3n) is 3.27. The van der Waals surface area contributed by atoms with E-state index in [9.17, 15) is 8.42 Å². The van der Waals surface area contributed by atoms with Crippen LogP contribution in [-0.2, 0) is 10.0 Å². The summed E-state index contributed by atoms with van der Waals surface area (Å²) in [4.78, 5) is 0.169. The van der Waals surface area contributed by atoms with Crippen molar-refractivity contribution in [3.8, 4) is 11.3 Å². The monoisotopic (exact) mass is 348 g/mol. The van der Waals surface area contributed by atoms with Gasteiger partial charge in [-0.25, -0.2) is 8.42 Å². The normalized spacial score (nSPS) is 11.4. The molecule has 2 aromatic carbocycles. The van der Waals surface area contributed by atoms with Crippen molar-refractivity contribution in [3.05, 3.63) is 65.4 Å². The van der Waals surface area contributed by atoms with E-state index in [2.05, 4.69) is 9.88 Å². The number of benzene rings is 2. The lowest BCUT2D eigenvalue weighted by atomic mass is 10.1. The second-order valence-electron chi connectivity index (χ2n) is 4.89. The van der Waals surface area contributed by atoms with E-state index in [1.54, 1.807) is 49.4 Å². The van der Waals surface area contributed by atoms with Crippen molar-refractivity contribution in [2.45, 2.75) is 11.8 Å². The molecule has 0 bridgehead atoms. The quantitative estimate of drug-likeness (QED) is 0.770. The number of hydrogen-bond donors (Lipinski definition) is 1. The minimum absolute atomic E-state index is 0.169. The molecule has 1 heterocycles. The van der Waals surface area contributed by atoms with Crippen LogP contribution in [0.2, 0.25) is 5.02 Å². The highest BCUT2D eigenvalue weighted by molar-refractivity contribution is 7.92. The highest BCUT2D eigenvalue weighted by atomic mass is 35.5. The Hall–Kier alpha value is -2.31. The second kappa shape index (κ2) is 6.06. The van der Waals surface area contributed by atoms with Crippen LogP contribution in [0.15, 0.2) is 64.0 Å². The molecule has 0 spiro atoms. The zero-order chi connectivity index (χ0) is 16.4. The summed E-state index contributed by atoms with van der Waals surface area (Å²) in [6.45, 7) is 1.65. The fourth-order valence-electron chi connectivity index (χ4n) is 2.09. The van der Waals surface area contributed by atoms with Gasteiger partial charge in [0.2, 0.25) is 0 Å². The van der Waals surface area contributed by atoms with Crippen LogP contribution < -0.4 is 4.72 Å². The molecule has 7 heteroatoms. The first-order valence-electron chi connectivity index (χ1n) is 6.77. The SMILES string of the molecule is Cc1onc(-c2ccc(Cl)cc2)c1NS(=O)(=O)c1ccccc1. The molecule has 0 radical (unpaired) electrons. The number of nitrogens with zero attached hydrogens (tertiary/aromatic N) is 1. The standard InChI is InChI=1S/C16H13ClN2O3S/c1-11-15(19-23(20,21)14-5-3-2-4-6-14)16(18-22-11)12-7-9-13(17)10-8-12/h2-10,19H,1H3. The van der Waals surface area contributed by atoms with Gasteiger partial charge in [-0.3, -0.25) is 4.72 Å². The molecule has 0 unspecified atom stereocenters. The Morgan fingerprint density at radius 1 is 1.04 bits per heavy atom. The fraction of sp³-hybridized carbons (Fsp3) is 0.0625. The highest BCUT2D eigenvalue weighted by Gasteiger charge is 2.21. The summed E-state index contributed by atoms with van der Waals surface area (Å²) in [5.41, 5.74) is 1.44. The number of halogens is 1. The Bertz CT molecular complexity index is 920. The first-order chi connectivity index (χ1) is 11.0. The third-order valence-corrected chi connectivity index (χ3v) is 4.89. The Morgan fingerprint density at radius 3 is 2.35 bits per heavy atom. The molecule has 5 nitrogen and oxygen atoms in total. The van der Waals surface area contributed by atoms with Gasteiger partial charge in [0, 0.05) is 10.6 Å². The number of aryl methyl sites for hydroxylation is 1. The summed E-state index contributed by atoms with van der Waals surface area (Å²) in [5.74, 6) is 0.384. The minimum atomic E-state index is -3.72. The van der Waals surface area contributed by atoms with Crippen LogP contribution in [0, 0.1) is 6.92 Å². The molecule has 0 fully saturated rings. The van der Waals surface area contributed by atoms with Gasteiger partial charge in [0.25, 0.3) is 10.0 Å². The summed E-state index contributed by atoms with van der Waals surface area (Å²) in [7, 11) is -3.72. The van der Waals surface area contributed by atoms with E-state index in [0.717, 1.165) is 0 Å². The molecule has 3 rings (SSSR count). The van der Waals surface area contributed by atoms with Gasteiger partial charge >= 0.3 is 0 Å². The van der Waals surface area contributed by atoms with Crippen LogP contribution >= 0.6 is 11.6 Å². The molecule has 23 heavy (non-hydrogen) atoms. The first kappa shape index (κ1) is 15.6. The first-order valence-corrected chi connectivity index (χ1v) is 8.63. The molecule has 0 atom stereocenters. The van der Waals surface area contributed by atoms with E-state index in [0.29, 0.717) is 27.7 Å².